The van der Waals surface area contributed by atoms with Crippen LogP contribution in [0.25, 0.3) is 0 Å². The minimum atomic E-state index is 1.18. The van der Waals surface area contributed by atoms with E-state index in [0.717, 1.165) is 0 Å². The molecule has 2 nitrogen and oxygen atoms in total. The number of aryl methyl sites for hydroxylation is 2. The summed E-state index contributed by atoms with van der Waals surface area (Å²) < 4.78 is 0. The third-order valence-electron chi connectivity index (χ3n) is 4.91. The summed E-state index contributed by atoms with van der Waals surface area (Å²) in [5.74, 6) is 0. The van der Waals surface area contributed by atoms with Crippen molar-refractivity contribution >= 4 is 0 Å². The Morgan fingerprint density at radius 3 is 2.09 bits per heavy atom. The molecule has 22 heavy (non-hydrogen) atoms. The number of rotatable bonds is 4. The second kappa shape index (κ2) is 7.08. The van der Waals surface area contributed by atoms with Gasteiger partial charge in [0.25, 0.3) is 0 Å². The molecule has 0 atom stereocenters. The standard InChI is InChI=1S/C20H26N2/c1-17-8-9-18(2)20(14-17)16-22-12-10-21(11-13-22)15-19-6-4-3-5-7-19/h3-9,14H,10-13,15-16H2,1-2H3/p+2. The van der Waals surface area contributed by atoms with Crippen molar-refractivity contribution < 1.29 is 9.80 Å². The molecule has 0 spiro atoms. The fourth-order valence-electron chi connectivity index (χ4n) is 3.46. The number of hydrogen-bond donors (Lipinski definition) is 2. The van der Waals surface area contributed by atoms with Crippen molar-refractivity contribution in [3.8, 4) is 0 Å². The number of nitrogens with one attached hydrogen (secondary N) is 2. The third-order valence-corrected chi connectivity index (χ3v) is 4.91. The third kappa shape index (κ3) is 3.96. The number of quaternary nitrogens is 2. The van der Waals surface area contributed by atoms with Gasteiger partial charge in [0, 0.05) is 11.1 Å². The van der Waals surface area contributed by atoms with Gasteiger partial charge in [-0.3, -0.25) is 0 Å². The van der Waals surface area contributed by atoms with Crippen LogP contribution in [0, 0.1) is 13.8 Å². The molecule has 0 amide bonds. The van der Waals surface area contributed by atoms with Gasteiger partial charge in [-0.1, -0.05) is 54.1 Å². The van der Waals surface area contributed by atoms with Gasteiger partial charge >= 0.3 is 0 Å². The largest absolute Gasteiger partial charge is 0.322 e. The highest BCUT2D eigenvalue weighted by Gasteiger charge is 2.23. The van der Waals surface area contributed by atoms with Gasteiger partial charge < -0.3 is 9.80 Å². The van der Waals surface area contributed by atoms with E-state index in [9.17, 15) is 0 Å². The van der Waals surface area contributed by atoms with Gasteiger partial charge in [-0.25, -0.2) is 0 Å². The quantitative estimate of drug-likeness (QED) is 0.825. The number of piperazine rings is 1. The Morgan fingerprint density at radius 2 is 1.41 bits per heavy atom. The Bertz CT molecular complexity index is 598. The molecule has 0 aliphatic carbocycles. The Labute approximate surface area is 134 Å². The maximum absolute atomic E-state index is 2.37. The summed E-state index contributed by atoms with van der Waals surface area (Å²) >= 11 is 0. The molecule has 1 saturated heterocycles. The average molecular weight is 296 g/mol. The molecule has 3 rings (SSSR count). The summed E-state index contributed by atoms with van der Waals surface area (Å²) in [6.45, 7) is 11.9. The molecule has 116 valence electrons. The zero-order valence-corrected chi connectivity index (χ0v) is 13.9. The number of benzene rings is 2. The van der Waals surface area contributed by atoms with E-state index in [2.05, 4.69) is 62.4 Å². The summed E-state index contributed by atoms with van der Waals surface area (Å²) in [5.41, 5.74) is 5.82. The molecule has 2 N–H and O–H groups in total. The first-order chi connectivity index (χ1) is 10.7. The minimum absolute atomic E-state index is 1.18. The van der Waals surface area contributed by atoms with Crippen LogP contribution in [0.1, 0.15) is 22.3 Å². The Balaban J connectivity index is 1.52. The van der Waals surface area contributed by atoms with Crippen LogP contribution in [-0.4, -0.2) is 26.2 Å². The van der Waals surface area contributed by atoms with Crippen molar-refractivity contribution in [1.29, 1.82) is 0 Å². The van der Waals surface area contributed by atoms with Crippen molar-refractivity contribution in [2.24, 2.45) is 0 Å². The maximum Gasteiger partial charge on any atom is 0.127 e. The van der Waals surface area contributed by atoms with Crippen LogP contribution in [-0.2, 0) is 13.1 Å². The first kappa shape index (κ1) is 15.3. The lowest BCUT2D eigenvalue weighted by Crippen LogP contribution is -3.27. The van der Waals surface area contributed by atoms with E-state index in [1.807, 2.05) is 0 Å². The molecular formula is C20H28N2+2. The van der Waals surface area contributed by atoms with Crippen molar-refractivity contribution in [3.63, 3.8) is 0 Å². The van der Waals surface area contributed by atoms with Crippen LogP contribution in [0.5, 0.6) is 0 Å². The Morgan fingerprint density at radius 1 is 0.773 bits per heavy atom. The van der Waals surface area contributed by atoms with E-state index in [1.165, 1.54) is 61.5 Å². The summed E-state index contributed by atoms with van der Waals surface area (Å²) in [4.78, 5) is 3.47. The van der Waals surface area contributed by atoms with Crippen LogP contribution >= 0.6 is 0 Å². The van der Waals surface area contributed by atoms with E-state index in [4.69, 9.17) is 0 Å². The molecule has 2 heteroatoms. The lowest BCUT2D eigenvalue weighted by Gasteiger charge is -2.30. The van der Waals surface area contributed by atoms with Gasteiger partial charge in [-0.15, -0.1) is 0 Å². The van der Waals surface area contributed by atoms with Gasteiger partial charge in [0.1, 0.15) is 39.3 Å². The first-order valence-corrected chi connectivity index (χ1v) is 8.48. The Hall–Kier alpha value is -1.64. The monoisotopic (exact) mass is 296 g/mol. The zero-order valence-electron chi connectivity index (χ0n) is 13.9. The van der Waals surface area contributed by atoms with Crippen LogP contribution < -0.4 is 9.80 Å². The average Bonchev–Trinajstić information content (AvgIpc) is 2.54. The molecule has 1 fully saturated rings. The van der Waals surface area contributed by atoms with E-state index < -0.39 is 0 Å². The normalized spacial score (nSPS) is 21.7. The van der Waals surface area contributed by atoms with E-state index in [-0.39, 0.29) is 0 Å². The highest BCUT2D eigenvalue weighted by molar-refractivity contribution is 5.29. The van der Waals surface area contributed by atoms with Crippen LogP contribution in [0.3, 0.4) is 0 Å². The summed E-state index contributed by atoms with van der Waals surface area (Å²) in [6.07, 6.45) is 0. The molecule has 0 bridgehead atoms. The van der Waals surface area contributed by atoms with Gasteiger partial charge in [-0.2, -0.15) is 0 Å². The van der Waals surface area contributed by atoms with Gasteiger partial charge in [0.2, 0.25) is 0 Å². The fraction of sp³-hybridized carbons (Fsp3) is 0.400. The van der Waals surface area contributed by atoms with E-state index in [0.29, 0.717) is 0 Å². The molecule has 0 saturated carbocycles. The molecule has 1 aliphatic rings. The molecule has 1 heterocycles. The van der Waals surface area contributed by atoms with E-state index >= 15 is 0 Å². The van der Waals surface area contributed by atoms with Crippen molar-refractivity contribution in [2.45, 2.75) is 26.9 Å². The predicted molar refractivity (Wildman–Crippen MR) is 91.2 cm³/mol. The molecule has 0 radical (unpaired) electrons. The van der Waals surface area contributed by atoms with E-state index in [1.54, 1.807) is 9.80 Å². The highest BCUT2D eigenvalue weighted by atomic mass is 15.3. The first-order valence-electron chi connectivity index (χ1n) is 8.48. The SMILES string of the molecule is Cc1ccc(C)c(C[NH+]2CC[NH+](Cc3ccccc3)CC2)c1. The smallest absolute Gasteiger partial charge is 0.127 e. The van der Waals surface area contributed by atoms with Gasteiger partial charge in [-0.05, 0) is 19.4 Å². The molecule has 0 aromatic heterocycles. The van der Waals surface area contributed by atoms with Crippen molar-refractivity contribution in [2.75, 3.05) is 26.2 Å². The maximum atomic E-state index is 2.37. The predicted octanol–water partition coefficient (Wildman–Crippen LogP) is 0.787. The Kier molecular flexibility index (Phi) is 4.91. The highest BCUT2D eigenvalue weighted by Crippen LogP contribution is 2.09. The summed E-state index contributed by atoms with van der Waals surface area (Å²) in [5, 5.41) is 0. The fourth-order valence-corrected chi connectivity index (χ4v) is 3.46. The lowest BCUT2D eigenvalue weighted by atomic mass is 10.0. The minimum Gasteiger partial charge on any atom is -0.322 e. The molecule has 1 aliphatic heterocycles. The summed E-state index contributed by atoms with van der Waals surface area (Å²) in [7, 11) is 0. The zero-order chi connectivity index (χ0) is 15.4. The topological polar surface area (TPSA) is 8.88 Å². The lowest BCUT2D eigenvalue weighted by molar-refractivity contribution is -1.02. The molecule has 0 unspecified atom stereocenters. The summed E-state index contributed by atoms with van der Waals surface area (Å²) in [6, 6.07) is 17.8. The number of hydrogen-bond acceptors (Lipinski definition) is 0. The molecule has 2 aromatic rings. The van der Waals surface area contributed by atoms with Crippen molar-refractivity contribution in [3.05, 3.63) is 70.8 Å². The van der Waals surface area contributed by atoms with Crippen LogP contribution in [0.15, 0.2) is 48.5 Å². The van der Waals surface area contributed by atoms with Gasteiger partial charge in [0.15, 0.2) is 0 Å². The second-order valence-corrected chi connectivity index (χ2v) is 6.77. The molecular weight excluding hydrogens is 268 g/mol. The van der Waals surface area contributed by atoms with Gasteiger partial charge in [0.05, 0.1) is 0 Å². The second-order valence-electron chi connectivity index (χ2n) is 6.77. The van der Waals surface area contributed by atoms with Crippen LogP contribution in [0.2, 0.25) is 0 Å². The van der Waals surface area contributed by atoms with Crippen molar-refractivity contribution in [1.82, 2.24) is 0 Å². The molecule has 2 aromatic carbocycles. The van der Waals surface area contributed by atoms with Crippen LogP contribution in [0.4, 0.5) is 0 Å².